The molecular formula is C34H38N4O4. The Morgan fingerprint density at radius 3 is 2.40 bits per heavy atom. The molecule has 1 aliphatic heterocycles. The van der Waals surface area contributed by atoms with Crippen LogP contribution in [0.5, 0.6) is 11.5 Å². The fourth-order valence-corrected chi connectivity index (χ4v) is 5.50. The highest BCUT2D eigenvalue weighted by atomic mass is 16.7. The molecule has 3 aromatic carbocycles. The Morgan fingerprint density at radius 1 is 1.00 bits per heavy atom. The number of carbonyl (C=O) groups is 1. The molecule has 4 aromatic rings. The van der Waals surface area contributed by atoms with Crippen molar-refractivity contribution >= 4 is 5.91 Å². The lowest BCUT2D eigenvalue weighted by Crippen LogP contribution is -2.42. The van der Waals surface area contributed by atoms with E-state index in [-0.39, 0.29) is 24.2 Å². The third-order valence-corrected chi connectivity index (χ3v) is 7.62. The summed E-state index contributed by atoms with van der Waals surface area (Å²) in [6.07, 6.45) is 0.623. The largest absolute Gasteiger partial charge is 0.454 e. The minimum absolute atomic E-state index is 0.0399. The lowest BCUT2D eigenvalue weighted by Gasteiger charge is -2.36. The SMILES string of the molecule is Cc1ccc(C(=O)N(CCCN)C(c2nc(C)c(-c3ccc4c(c3)OCO4)c(=O)n2Cc2ccccc2)C(C)C)cc1. The molecule has 1 aliphatic rings. The van der Waals surface area contributed by atoms with Gasteiger partial charge in [0.15, 0.2) is 11.5 Å². The summed E-state index contributed by atoms with van der Waals surface area (Å²) in [4.78, 5) is 35.5. The molecule has 0 saturated heterocycles. The van der Waals surface area contributed by atoms with Gasteiger partial charge in [-0.2, -0.15) is 0 Å². The molecular weight excluding hydrogens is 528 g/mol. The molecule has 8 nitrogen and oxygen atoms in total. The lowest BCUT2D eigenvalue weighted by molar-refractivity contribution is 0.0602. The third-order valence-electron chi connectivity index (χ3n) is 7.62. The van der Waals surface area contributed by atoms with E-state index < -0.39 is 6.04 Å². The number of aromatic nitrogens is 2. The van der Waals surface area contributed by atoms with Gasteiger partial charge in [0.1, 0.15) is 5.82 Å². The molecule has 8 heteroatoms. The first-order valence-corrected chi connectivity index (χ1v) is 14.4. The Morgan fingerprint density at radius 2 is 1.71 bits per heavy atom. The number of rotatable bonds is 10. The number of hydrogen-bond acceptors (Lipinski definition) is 6. The van der Waals surface area contributed by atoms with Crippen LogP contribution in [-0.2, 0) is 6.54 Å². The molecule has 0 fully saturated rings. The molecule has 0 radical (unpaired) electrons. The van der Waals surface area contributed by atoms with Crippen molar-refractivity contribution in [3.05, 3.63) is 111 Å². The van der Waals surface area contributed by atoms with Crippen LogP contribution in [0.4, 0.5) is 0 Å². The maximum Gasteiger partial charge on any atom is 0.262 e. The highest BCUT2D eigenvalue weighted by Crippen LogP contribution is 2.36. The summed E-state index contributed by atoms with van der Waals surface area (Å²) in [5.41, 5.74) is 10.2. The number of carbonyl (C=O) groups excluding carboxylic acids is 1. The molecule has 1 amide bonds. The Labute approximate surface area is 246 Å². The van der Waals surface area contributed by atoms with Crippen molar-refractivity contribution in [1.29, 1.82) is 0 Å². The van der Waals surface area contributed by atoms with Gasteiger partial charge in [-0.25, -0.2) is 4.98 Å². The van der Waals surface area contributed by atoms with Crippen molar-refractivity contribution in [2.45, 2.75) is 46.7 Å². The van der Waals surface area contributed by atoms with Gasteiger partial charge in [-0.15, -0.1) is 0 Å². The number of aryl methyl sites for hydroxylation is 2. The predicted molar refractivity (Wildman–Crippen MR) is 164 cm³/mol. The Kier molecular flexibility index (Phi) is 8.73. The van der Waals surface area contributed by atoms with Gasteiger partial charge in [0, 0.05) is 12.1 Å². The molecule has 0 bridgehead atoms. The van der Waals surface area contributed by atoms with E-state index in [0.29, 0.717) is 65.8 Å². The highest BCUT2D eigenvalue weighted by molar-refractivity contribution is 5.94. The zero-order valence-electron chi connectivity index (χ0n) is 24.7. The molecule has 0 spiro atoms. The van der Waals surface area contributed by atoms with Crippen LogP contribution in [0.3, 0.4) is 0 Å². The molecule has 2 heterocycles. The number of benzene rings is 3. The minimum atomic E-state index is -0.466. The number of hydrogen-bond donors (Lipinski definition) is 1. The van der Waals surface area contributed by atoms with E-state index in [1.54, 1.807) is 4.57 Å². The van der Waals surface area contributed by atoms with E-state index in [9.17, 15) is 9.59 Å². The van der Waals surface area contributed by atoms with Crippen molar-refractivity contribution in [3.8, 4) is 22.6 Å². The maximum atomic E-state index is 14.5. The average Bonchev–Trinajstić information content (AvgIpc) is 3.45. The van der Waals surface area contributed by atoms with Gasteiger partial charge in [0.25, 0.3) is 11.5 Å². The molecule has 1 unspecified atom stereocenters. The fraction of sp³-hybridized carbons (Fsp3) is 0.324. The van der Waals surface area contributed by atoms with Crippen molar-refractivity contribution in [3.63, 3.8) is 0 Å². The van der Waals surface area contributed by atoms with E-state index in [2.05, 4.69) is 13.8 Å². The van der Waals surface area contributed by atoms with Crippen molar-refractivity contribution in [2.75, 3.05) is 19.9 Å². The highest BCUT2D eigenvalue weighted by Gasteiger charge is 2.33. The predicted octanol–water partition coefficient (Wildman–Crippen LogP) is 5.49. The maximum absolute atomic E-state index is 14.5. The van der Waals surface area contributed by atoms with Crippen LogP contribution in [-0.4, -0.2) is 40.2 Å². The van der Waals surface area contributed by atoms with Gasteiger partial charge in [-0.05, 0) is 68.1 Å². The molecule has 0 aliphatic carbocycles. The van der Waals surface area contributed by atoms with Crippen LogP contribution >= 0.6 is 0 Å². The van der Waals surface area contributed by atoms with Gasteiger partial charge in [-0.3, -0.25) is 14.2 Å². The fourth-order valence-electron chi connectivity index (χ4n) is 5.50. The third kappa shape index (κ3) is 5.94. The van der Waals surface area contributed by atoms with Gasteiger partial charge >= 0.3 is 0 Å². The van der Waals surface area contributed by atoms with Crippen molar-refractivity contribution in [2.24, 2.45) is 11.7 Å². The molecule has 218 valence electrons. The zero-order valence-corrected chi connectivity index (χ0v) is 24.7. The van der Waals surface area contributed by atoms with Crippen LogP contribution in [0.15, 0.2) is 77.6 Å². The molecule has 1 aromatic heterocycles. The van der Waals surface area contributed by atoms with Gasteiger partial charge < -0.3 is 20.1 Å². The minimum Gasteiger partial charge on any atom is -0.454 e. The summed E-state index contributed by atoms with van der Waals surface area (Å²) in [6.45, 7) is 9.30. The van der Waals surface area contributed by atoms with E-state index in [1.807, 2.05) is 91.5 Å². The Bertz CT molecular complexity index is 1610. The van der Waals surface area contributed by atoms with Crippen LogP contribution in [0.1, 0.15) is 59.3 Å². The van der Waals surface area contributed by atoms with E-state index >= 15 is 0 Å². The van der Waals surface area contributed by atoms with Crippen LogP contribution in [0, 0.1) is 19.8 Å². The molecule has 1 atom stereocenters. The van der Waals surface area contributed by atoms with E-state index in [0.717, 1.165) is 11.1 Å². The molecule has 42 heavy (non-hydrogen) atoms. The number of nitrogens with zero attached hydrogens (tertiary/aromatic N) is 3. The average molecular weight is 567 g/mol. The van der Waals surface area contributed by atoms with Crippen LogP contribution in [0.2, 0.25) is 0 Å². The molecule has 0 saturated carbocycles. The summed E-state index contributed by atoms with van der Waals surface area (Å²) >= 11 is 0. The van der Waals surface area contributed by atoms with Crippen molar-refractivity contribution < 1.29 is 14.3 Å². The van der Waals surface area contributed by atoms with E-state index in [4.69, 9.17) is 20.2 Å². The summed E-state index contributed by atoms with van der Waals surface area (Å²) in [7, 11) is 0. The van der Waals surface area contributed by atoms with E-state index in [1.165, 1.54) is 0 Å². The number of ether oxygens (including phenoxy) is 2. The number of nitrogens with two attached hydrogens (primary N) is 1. The zero-order chi connectivity index (χ0) is 29.8. The van der Waals surface area contributed by atoms with Gasteiger partial charge in [0.2, 0.25) is 6.79 Å². The summed E-state index contributed by atoms with van der Waals surface area (Å²) in [6, 6.07) is 22.5. The standard InChI is InChI=1S/C34H38N4O4/c1-22(2)31(37(18-8-17-35)33(39)26-13-11-23(3)12-14-26)32-36-24(4)30(27-15-16-28-29(19-27)42-21-41-28)34(40)38(32)20-25-9-6-5-7-10-25/h5-7,9-16,19,22,31H,8,17-18,20-21,35H2,1-4H3. The summed E-state index contributed by atoms with van der Waals surface area (Å²) < 4.78 is 12.8. The van der Waals surface area contributed by atoms with Crippen LogP contribution < -0.4 is 20.8 Å². The number of amides is 1. The number of fused-ring (bicyclic) bond motifs is 1. The quantitative estimate of drug-likeness (QED) is 0.272. The van der Waals surface area contributed by atoms with Crippen molar-refractivity contribution in [1.82, 2.24) is 14.5 Å². The molecule has 2 N–H and O–H groups in total. The first-order valence-electron chi connectivity index (χ1n) is 14.4. The first kappa shape index (κ1) is 29.1. The molecule has 5 rings (SSSR count). The van der Waals surface area contributed by atoms with Gasteiger partial charge in [0.05, 0.1) is 23.8 Å². The second-order valence-corrected chi connectivity index (χ2v) is 11.1. The summed E-state index contributed by atoms with van der Waals surface area (Å²) in [5, 5.41) is 0. The second kappa shape index (κ2) is 12.6. The lowest BCUT2D eigenvalue weighted by atomic mass is 9.97. The second-order valence-electron chi connectivity index (χ2n) is 11.1. The topological polar surface area (TPSA) is 99.7 Å². The summed E-state index contributed by atoms with van der Waals surface area (Å²) in [5.74, 6) is 1.65. The van der Waals surface area contributed by atoms with Crippen LogP contribution in [0.25, 0.3) is 11.1 Å². The Hall–Kier alpha value is -4.43. The normalized spacial score (nSPS) is 12.9. The Balaban J connectivity index is 1.69. The smallest absolute Gasteiger partial charge is 0.262 e. The first-order chi connectivity index (χ1) is 20.3. The van der Waals surface area contributed by atoms with Gasteiger partial charge in [-0.1, -0.05) is 67.9 Å². The monoisotopic (exact) mass is 566 g/mol.